The summed E-state index contributed by atoms with van der Waals surface area (Å²) in [5, 5.41) is 3.06. The fourth-order valence-electron chi connectivity index (χ4n) is 4.44. The first-order chi connectivity index (χ1) is 16.4. The van der Waals surface area contributed by atoms with Crippen LogP contribution < -0.4 is 24.3 Å². The molecule has 1 amide bonds. The van der Waals surface area contributed by atoms with Gasteiger partial charge in [-0.2, -0.15) is 4.31 Å². The van der Waals surface area contributed by atoms with E-state index >= 15 is 0 Å². The molecule has 3 aliphatic heterocycles. The minimum atomic E-state index is -3.68. The van der Waals surface area contributed by atoms with E-state index in [1.807, 2.05) is 25.1 Å². The standard InChI is InChI=1S/C24H28N2O7S/c1-16(18-2-4-20-22(14-18)32-12-10-30-20)25-24(27)17-6-8-26(9-7-17)34(28,29)19-3-5-21-23(15-19)33-13-11-31-21/h2-5,14-17H,6-13H2,1H3,(H,25,27). The topological polar surface area (TPSA) is 103 Å². The summed E-state index contributed by atoms with van der Waals surface area (Å²) in [6, 6.07) is 10.1. The van der Waals surface area contributed by atoms with Crippen molar-refractivity contribution in [2.75, 3.05) is 39.5 Å². The minimum absolute atomic E-state index is 0.0706. The molecule has 1 fully saturated rings. The highest BCUT2D eigenvalue weighted by molar-refractivity contribution is 7.89. The maximum absolute atomic E-state index is 13.1. The van der Waals surface area contributed by atoms with Gasteiger partial charge in [-0.25, -0.2) is 8.42 Å². The van der Waals surface area contributed by atoms with Crippen LogP contribution in [0.1, 0.15) is 31.4 Å². The van der Waals surface area contributed by atoms with Crippen LogP contribution in [0.5, 0.6) is 23.0 Å². The van der Waals surface area contributed by atoms with Gasteiger partial charge in [0.15, 0.2) is 23.0 Å². The van der Waals surface area contributed by atoms with Gasteiger partial charge < -0.3 is 24.3 Å². The number of hydrogen-bond donors (Lipinski definition) is 1. The van der Waals surface area contributed by atoms with Gasteiger partial charge >= 0.3 is 0 Å². The van der Waals surface area contributed by atoms with Crippen molar-refractivity contribution in [2.24, 2.45) is 5.92 Å². The summed E-state index contributed by atoms with van der Waals surface area (Å²) in [6.45, 7) is 4.36. The fraction of sp³-hybridized carbons (Fsp3) is 0.458. The second kappa shape index (κ2) is 9.34. The zero-order valence-electron chi connectivity index (χ0n) is 19.0. The number of benzene rings is 2. The number of fused-ring (bicyclic) bond motifs is 2. The SMILES string of the molecule is CC(NC(=O)C1CCN(S(=O)(=O)c2ccc3c(c2)OCCO3)CC1)c1ccc2c(c1)OCCO2. The number of amides is 1. The zero-order valence-corrected chi connectivity index (χ0v) is 19.8. The first-order valence-corrected chi connectivity index (χ1v) is 13.0. The van der Waals surface area contributed by atoms with Gasteiger partial charge in [-0.1, -0.05) is 6.07 Å². The van der Waals surface area contributed by atoms with Gasteiger partial charge in [0.1, 0.15) is 26.4 Å². The molecule has 182 valence electrons. The van der Waals surface area contributed by atoms with Crippen molar-refractivity contribution < 1.29 is 32.2 Å². The van der Waals surface area contributed by atoms with Crippen LogP contribution in [0.25, 0.3) is 0 Å². The lowest BCUT2D eigenvalue weighted by Gasteiger charge is -2.31. The molecule has 9 nitrogen and oxygen atoms in total. The van der Waals surface area contributed by atoms with E-state index < -0.39 is 10.0 Å². The zero-order chi connectivity index (χ0) is 23.7. The van der Waals surface area contributed by atoms with Gasteiger partial charge in [-0.15, -0.1) is 0 Å². The summed E-state index contributed by atoms with van der Waals surface area (Å²) in [5.41, 5.74) is 0.927. The second-order valence-electron chi connectivity index (χ2n) is 8.62. The largest absolute Gasteiger partial charge is 0.486 e. The Morgan fingerprint density at radius 1 is 0.882 bits per heavy atom. The third kappa shape index (κ3) is 4.52. The number of nitrogens with zero attached hydrogens (tertiary/aromatic N) is 1. The van der Waals surface area contributed by atoms with Crippen molar-refractivity contribution in [2.45, 2.75) is 30.7 Å². The Labute approximate surface area is 199 Å². The average Bonchev–Trinajstić information content (AvgIpc) is 2.88. The van der Waals surface area contributed by atoms with Crippen molar-refractivity contribution in [3.05, 3.63) is 42.0 Å². The quantitative estimate of drug-likeness (QED) is 0.690. The summed E-state index contributed by atoms with van der Waals surface area (Å²) in [7, 11) is -3.68. The molecule has 3 heterocycles. The van der Waals surface area contributed by atoms with E-state index in [0.717, 1.165) is 5.56 Å². The normalized spacial score (nSPS) is 19.3. The van der Waals surface area contributed by atoms with Crippen LogP contribution in [-0.2, 0) is 14.8 Å². The minimum Gasteiger partial charge on any atom is -0.486 e. The van der Waals surface area contributed by atoms with E-state index in [2.05, 4.69) is 5.32 Å². The average molecular weight is 489 g/mol. The molecular weight excluding hydrogens is 460 g/mol. The van der Waals surface area contributed by atoms with Gasteiger partial charge in [0.2, 0.25) is 15.9 Å². The Morgan fingerprint density at radius 3 is 2.09 bits per heavy atom. The molecule has 0 spiro atoms. The molecule has 2 aromatic carbocycles. The number of sulfonamides is 1. The highest BCUT2D eigenvalue weighted by Crippen LogP contribution is 2.35. The van der Waals surface area contributed by atoms with Gasteiger partial charge in [0.05, 0.1) is 10.9 Å². The molecule has 1 unspecified atom stereocenters. The smallest absolute Gasteiger partial charge is 0.243 e. The van der Waals surface area contributed by atoms with Crippen molar-refractivity contribution in [1.82, 2.24) is 9.62 Å². The Kier molecular flexibility index (Phi) is 6.26. The number of ether oxygens (including phenoxy) is 4. The number of piperidine rings is 1. The van der Waals surface area contributed by atoms with Crippen molar-refractivity contribution >= 4 is 15.9 Å². The third-order valence-corrected chi connectivity index (χ3v) is 8.30. The van der Waals surface area contributed by atoms with E-state index in [0.29, 0.717) is 62.3 Å². The summed E-state index contributed by atoms with van der Waals surface area (Å²) in [6.07, 6.45) is 0.924. The molecule has 3 aliphatic rings. The van der Waals surface area contributed by atoms with E-state index in [1.165, 1.54) is 16.4 Å². The lowest BCUT2D eigenvalue weighted by atomic mass is 9.96. The van der Waals surface area contributed by atoms with Crippen LogP contribution >= 0.6 is 0 Å². The van der Waals surface area contributed by atoms with Crippen molar-refractivity contribution in [3.8, 4) is 23.0 Å². The monoisotopic (exact) mass is 488 g/mol. The van der Waals surface area contributed by atoms with Crippen LogP contribution in [0, 0.1) is 5.92 Å². The molecule has 0 saturated carbocycles. The molecule has 0 radical (unpaired) electrons. The molecule has 2 aromatic rings. The molecule has 0 aliphatic carbocycles. The Morgan fingerprint density at radius 2 is 1.44 bits per heavy atom. The molecule has 34 heavy (non-hydrogen) atoms. The molecule has 10 heteroatoms. The van der Waals surface area contributed by atoms with E-state index in [-0.39, 0.29) is 35.9 Å². The van der Waals surface area contributed by atoms with Crippen LogP contribution in [-0.4, -0.2) is 58.1 Å². The first kappa shape index (κ1) is 22.8. The molecule has 1 N–H and O–H groups in total. The van der Waals surface area contributed by atoms with E-state index in [1.54, 1.807) is 6.07 Å². The molecule has 0 bridgehead atoms. The van der Waals surface area contributed by atoms with Gasteiger partial charge in [-0.3, -0.25) is 4.79 Å². The van der Waals surface area contributed by atoms with Crippen LogP contribution in [0.15, 0.2) is 41.3 Å². The highest BCUT2D eigenvalue weighted by atomic mass is 32.2. The van der Waals surface area contributed by atoms with E-state index in [4.69, 9.17) is 18.9 Å². The van der Waals surface area contributed by atoms with Crippen LogP contribution in [0.4, 0.5) is 0 Å². The molecule has 0 aromatic heterocycles. The maximum atomic E-state index is 13.1. The summed E-state index contributed by atoms with van der Waals surface area (Å²) in [4.78, 5) is 13.1. The number of nitrogens with one attached hydrogen (secondary N) is 1. The number of carbonyl (C=O) groups is 1. The van der Waals surface area contributed by atoms with Gasteiger partial charge in [-0.05, 0) is 49.6 Å². The van der Waals surface area contributed by atoms with Crippen molar-refractivity contribution in [3.63, 3.8) is 0 Å². The van der Waals surface area contributed by atoms with Gasteiger partial charge in [0.25, 0.3) is 0 Å². The fourth-order valence-corrected chi connectivity index (χ4v) is 5.92. The Bertz CT molecular complexity index is 1180. The lowest BCUT2D eigenvalue weighted by Crippen LogP contribution is -2.43. The van der Waals surface area contributed by atoms with Crippen LogP contribution in [0.3, 0.4) is 0 Å². The highest BCUT2D eigenvalue weighted by Gasteiger charge is 2.33. The Hall–Kier alpha value is -2.98. The number of hydrogen-bond acceptors (Lipinski definition) is 7. The number of carbonyl (C=O) groups excluding carboxylic acids is 1. The predicted molar refractivity (Wildman–Crippen MR) is 123 cm³/mol. The van der Waals surface area contributed by atoms with Crippen molar-refractivity contribution in [1.29, 1.82) is 0 Å². The number of rotatable bonds is 5. The summed E-state index contributed by atoms with van der Waals surface area (Å²) >= 11 is 0. The van der Waals surface area contributed by atoms with E-state index in [9.17, 15) is 13.2 Å². The molecule has 1 atom stereocenters. The lowest BCUT2D eigenvalue weighted by molar-refractivity contribution is -0.126. The third-order valence-electron chi connectivity index (χ3n) is 6.40. The molecule has 1 saturated heterocycles. The van der Waals surface area contributed by atoms with Gasteiger partial charge in [0, 0.05) is 25.1 Å². The summed E-state index contributed by atoms with van der Waals surface area (Å²) in [5.74, 6) is 2.07. The first-order valence-electron chi connectivity index (χ1n) is 11.5. The van der Waals surface area contributed by atoms with Crippen LogP contribution in [0.2, 0.25) is 0 Å². The molecule has 5 rings (SSSR count). The Balaban J connectivity index is 1.19. The second-order valence-corrected chi connectivity index (χ2v) is 10.6. The summed E-state index contributed by atoms with van der Waals surface area (Å²) < 4.78 is 49.9. The maximum Gasteiger partial charge on any atom is 0.243 e. The molecular formula is C24H28N2O7S. The predicted octanol–water partition coefficient (Wildman–Crippen LogP) is 2.51.